The van der Waals surface area contributed by atoms with Gasteiger partial charge in [0.1, 0.15) is 0 Å². The van der Waals surface area contributed by atoms with Crippen molar-refractivity contribution in [2.75, 3.05) is 19.6 Å². The first-order valence-corrected chi connectivity index (χ1v) is 11.3. The third kappa shape index (κ3) is 5.06. The van der Waals surface area contributed by atoms with Crippen LogP contribution in [0.3, 0.4) is 0 Å². The maximum atomic E-state index is 12.7. The molecule has 1 N–H and O–H groups in total. The number of fused-ring (bicyclic) bond motifs is 1. The van der Waals surface area contributed by atoms with E-state index in [1.807, 2.05) is 6.07 Å². The van der Waals surface area contributed by atoms with E-state index in [1.165, 1.54) is 0 Å². The predicted octanol–water partition coefficient (Wildman–Crippen LogP) is 6.53. The number of aromatic amines is 1. The van der Waals surface area contributed by atoms with Gasteiger partial charge in [0.25, 0.3) is 6.10 Å². The smallest absolute Gasteiger partial charge is 0.426 e. The summed E-state index contributed by atoms with van der Waals surface area (Å²) in [5, 5.41) is 1.87. The minimum Gasteiger partial charge on any atom is -0.426 e. The second kappa shape index (κ2) is 8.98. The van der Waals surface area contributed by atoms with Crippen molar-refractivity contribution in [3.8, 4) is 0 Å². The number of likely N-dealkylation sites (tertiary alicyclic amines) is 2. The molecule has 2 fully saturated rings. The predicted molar refractivity (Wildman–Crippen MR) is 114 cm³/mol. The van der Waals surface area contributed by atoms with Gasteiger partial charge in [-0.25, -0.2) is 4.79 Å². The molecule has 5 nitrogen and oxygen atoms in total. The lowest BCUT2D eigenvalue weighted by atomic mass is 9.85. The SMILES string of the molecule is O=C(OC(C(F)(F)F)C(F)(F)F)N1CCC2(CCCN2Cc2cc3cc(Cl)cc(Cl)c3[nH]2)CC1. The van der Waals surface area contributed by atoms with Gasteiger partial charge in [-0.1, -0.05) is 23.2 Å². The van der Waals surface area contributed by atoms with E-state index in [1.54, 1.807) is 12.1 Å². The number of halogens is 8. The first-order chi connectivity index (χ1) is 15.8. The number of carbonyl (C=O) groups is 1. The lowest BCUT2D eigenvalue weighted by Gasteiger charge is -2.44. The van der Waals surface area contributed by atoms with E-state index in [4.69, 9.17) is 23.2 Å². The van der Waals surface area contributed by atoms with Crippen molar-refractivity contribution in [3.63, 3.8) is 0 Å². The number of ether oxygens (including phenoxy) is 1. The number of H-pyrrole nitrogens is 1. The number of nitrogens with zero attached hydrogens (tertiary/aromatic N) is 2. The maximum Gasteiger partial charge on any atom is 0.434 e. The molecule has 2 saturated heterocycles. The molecule has 1 aromatic heterocycles. The highest BCUT2D eigenvalue weighted by atomic mass is 35.5. The molecule has 0 atom stereocenters. The number of hydrogen-bond acceptors (Lipinski definition) is 3. The van der Waals surface area contributed by atoms with Gasteiger partial charge in [-0.3, -0.25) is 4.90 Å². The second-order valence-electron chi connectivity index (χ2n) is 8.73. The number of amides is 1. The standard InChI is InChI=1S/C21H21Cl2F6N3O2/c22-13-8-12-9-14(30-16(12)15(23)10-13)11-32-5-1-2-19(32)3-6-31(7-4-19)18(33)34-17(20(24,25)26)21(27,28)29/h8-10,17,30H,1-7,11H2. The molecule has 3 heterocycles. The monoisotopic (exact) mass is 531 g/mol. The molecule has 188 valence electrons. The minimum atomic E-state index is -5.74. The van der Waals surface area contributed by atoms with Crippen LogP contribution < -0.4 is 0 Å². The van der Waals surface area contributed by atoms with Crippen LogP contribution in [0, 0.1) is 0 Å². The highest BCUT2D eigenvalue weighted by molar-refractivity contribution is 6.38. The fraction of sp³-hybridized carbons (Fsp3) is 0.571. The van der Waals surface area contributed by atoms with E-state index < -0.39 is 24.5 Å². The van der Waals surface area contributed by atoms with E-state index in [0.29, 0.717) is 29.4 Å². The summed E-state index contributed by atoms with van der Waals surface area (Å²) in [4.78, 5) is 18.5. The molecule has 0 radical (unpaired) electrons. The van der Waals surface area contributed by atoms with Crippen LogP contribution in [0.1, 0.15) is 31.4 Å². The Bertz CT molecular complexity index is 1050. The van der Waals surface area contributed by atoms with Gasteiger partial charge in [0.2, 0.25) is 0 Å². The van der Waals surface area contributed by atoms with E-state index in [9.17, 15) is 31.1 Å². The number of hydrogen-bond donors (Lipinski definition) is 1. The number of benzene rings is 1. The van der Waals surface area contributed by atoms with Gasteiger partial charge in [0, 0.05) is 41.3 Å². The molecule has 4 rings (SSSR count). The summed E-state index contributed by atoms with van der Waals surface area (Å²) in [5.74, 6) is 0. The van der Waals surface area contributed by atoms with Gasteiger partial charge in [-0.2, -0.15) is 26.3 Å². The Labute approximate surface area is 200 Å². The number of carbonyl (C=O) groups excluding carboxylic acids is 1. The van der Waals surface area contributed by atoms with Crippen molar-refractivity contribution in [2.45, 2.75) is 56.2 Å². The molecule has 0 saturated carbocycles. The highest BCUT2D eigenvalue weighted by Crippen LogP contribution is 2.41. The summed E-state index contributed by atoms with van der Waals surface area (Å²) in [6.07, 6.45) is -14.7. The molecular weight excluding hydrogens is 511 g/mol. The van der Waals surface area contributed by atoms with E-state index in [0.717, 1.165) is 40.9 Å². The lowest BCUT2D eigenvalue weighted by Crippen LogP contribution is -2.54. The zero-order chi connectivity index (χ0) is 24.9. The van der Waals surface area contributed by atoms with Crippen molar-refractivity contribution in [2.24, 2.45) is 0 Å². The molecule has 0 bridgehead atoms. The first-order valence-electron chi connectivity index (χ1n) is 10.6. The van der Waals surface area contributed by atoms with Crippen LogP contribution in [0.25, 0.3) is 10.9 Å². The van der Waals surface area contributed by atoms with Crippen LogP contribution in [-0.2, 0) is 11.3 Å². The largest absolute Gasteiger partial charge is 0.434 e. The molecular formula is C21H21Cl2F6N3O2. The van der Waals surface area contributed by atoms with Gasteiger partial charge in [0.05, 0.1) is 10.5 Å². The van der Waals surface area contributed by atoms with E-state index >= 15 is 0 Å². The highest BCUT2D eigenvalue weighted by Gasteiger charge is 2.60. The van der Waals surface area contributed by atoms with Crippen molar-refractivity contribution >= 4 is 40.2 Å². The summed E-state index contributed by atoms with van der Waals surface area (Å²) < 4.78 is 80.2. The van der Waals surface area contributed by atoms with E-state index in [-0.39, 0.29) is 18.6 Å². The molecule has 2 aliphatic heterocycles. The Morgan fingerprint density at radius 3 is 2.29 bits per heavy atom. The van der Waals surface area contributed by atoms with Crippen LogP contribution in [0.15, 0.2) is 18.2 Å². The topological polar surface area (TPSA) is 48.6 Å². The average molecular weight is 532 g/mol. The Hall–Kier alpha value is -1.85. The Kier molecular flexibility index (Phi) is 6.67. The van der Waals surface area contributed by atoms with Crippen LogP contribution in [0.5, 0.6) is 0 Å². The molecule has 1 aromatic carbocycles. The fourth-order valence-corrected chi connectivity index (χ4v) is 5.48. The lowest BCUT2D eigenvalue weighted by molar-refractivity contribution is -0.308. The molecule has 2 aliphatic rings. The number of nitrogens with one attached hydrogen (secondary N) is 1. The van der Waals surface area contributed by atoms with E-state index in [2.05, 4.69) is 14.6 Å². The summed E-state index contributed by atoms with van der Waals surface area (Å²) in [6.45, 7) is 1.34. The fourth-order valence-electron chi connectivity index (χ4n) is 4.92. The van der Waals surface area contributed by atoms with Gasteiger partial charge in [0.15, 0.2) is 0 Å². The van der Waals surface area contributed by atoms with Gasteiger partial charge in [-0.15, -0.1) is 0 Å². The average Bonchev–Trinajstić information content (AvgIpc) is 3.29. The van der Waals surface area contributed by atoms with Crippen molar-refractivity contribution < 1.29 is 35.9 Å². The molecule has 0 aliphatic carbocycles. The van der Waals surface area contributed by atoms with Crippen molar-refractivity contribution in [3.05, 3.63) is 33.9 Å². The Morgan fingerprint density at radius 1 is 1.03 bits per heavy atom. The summed E-state index contributed by atoms with van der Waals surface area (Å²) in [7, 11) is 0. The van der Waals surface area contributed by atoms with Crippen LogP contribution >= 0.6 is 23.2 Å². The van der Waals surface area contributed by atoms with Crippen LogP contribution in [0.2, 0.25) is 10.0 Å². The summed E-state index contributed by atoms with van der Waals surface area (Å²) >= 11 is 12.3. The number of alkyl halides is 6. The Morgan fingerprint density at radius 2 is 1.68 bits per heavy atom. The van der Waals surface area contributed by atoms with Gasteiger partial charge in [-0.05, 0) is 50.4 Å². The summed E-state index contributed by atoms with van der Waals surface area (Å²) in [6, 6.07) is 5.38. The van der Waals surface area contributed by atoms with Gasteiger partial charge < -0.3 is 14.6 Å². The van der Waals surface area contributed by atoms with Crippen LogP contribution in [0.4, 0.5) is 31.1 Å². The molecule has 34 heavy (non-hydrogen) atoms. The minimum absolute atomic E-state index is 0.00586. The molecule has 0 unspecified atom stereocenters. The normalized spacial score (nSPS) is 19.5. The van der Waals surface area contributed by atoms with Crippen molar-refractivity contribution in [1.82, 2.24) is 14.8 Å². The first kappa shape index (κ1) is 25.2. The zero-order valence-electron chi connectivity index (χ0n) is 17.7. The molecule has 1 amide bonds. The quantitative estimate of drug-likeness (QED) is 0.458. The summed E-state index contributed by atoms with van der Waals surface area (Å²) in [5.41, 5.74) is 1.36. The Balaban J connectivity index is 1.42. The molecule has 2 aromatic rings. The maximum absolute atomic E-state index is 12.7. The third-order valence-corrected chi connectivity index (χ3v) is 7.08. The van der Waals surface area contributed by atoms with Gasteiger partial charge >= 0.3 is 18.4 Å². The number of piperidine rings is 1. The third-order valence-electron chi connectivity index (χ3n) is 6.57. The van der Waals surface area contributed by atoms with Crippen molar-refractivity contribution in [1.29, 1.82) is 0 Å². The molecule has 13 heteroatoms. The molecule has 1 spiro atoms. The number of rotatable bonds is 3. The number of aromatic nitrogens is 1. The second-order valence-corrected chi connectivity index (χ2v) is 9.57. The van der Waals surface area contributed by atoms with Crippen LogP contribution in [-0.4, -0.2) is 64.5 Å². The zero-order valence-corrected chi connectivity index (χ0v) is 19.2.